The van der Waals surface area contributed by atoms with Crippen LogP contribution in [0, 0.1) is 12.7 Å². The van der Waals surface area contributed by atoms with E-state index in [2.05, 4.69) is 5.32 Å². The third kappa shape index (κ3) is 6.16. The lowest BCUT2D eigenvalue weighted by molar-refractivity contribution is 0.502. The Labute approximate surface area is 115 Å². The first kappa shape index (κ1) is 16.1. The molecule has 1 atom stereocenters. The maximum atomic E-state index is 13.4. The largest absolute Gasteiger partial charge is 0.310 e. The molecule has 0 amide bonds. The second-order valence-electron chi connectivity index (χ2n) is 4.94. The number of aryl methyl sites for hydroxylation is 1. The summed E-state index contributed by atoms with van der Waals surface area (Å²) in [5.41, 5.74) is 1.76. The summed E-state index contributed by atoms with van der Waals surface area (Å²) in [6, 6.07) is 4.95. The average Bonchev–Trinajstić information content (AvgIpc) is 2.25. The first-order chi connectivity index (χ1) is 8.81. The molecular formula is C14H22FNO2S. The molecule has 1 aromatic carbocycles. The summed E-state index contributed by atoms with van der Waals surface area (Å²) in [4.78, 5) is 0. The highest BCUT2D eigenvalue weighted by molar-refractivity contribution is 7.90. The minimum atomic E-state index is -2.94. The second-order valence-corrected chi connectivity index (χ2v) is 7.20. The van der Waals surface area contributed by atoms with Crippen molar-refractivity contribution in [1.29, 1.82) is 0 Å². The van der Waals surface area contributed by atoms with Gasteiger partial charge in [-0.2, -0.15) is 0 Å². The lowest BCUT2D eigenvalue weighted by Gasteiger charge is -2.19. The van der Waals surface area contributed by atoms with Crippen LogP contribution in [0.2, 0.25) is 0 Å². The predicted molar refractivity (Wildman–Crippen MR) is 76.5 cm³/mol. The summed E-state index contributed by atoms with van der Waals surface area (Å²) < 4.78 is 35.7. The van der Waals surface area contributed by atoms with Crippen molar-refractivity contribution in [2.45, 2.75) is 32.7 Å². The van der Waals surface area contributed by atoms with Crippen LogP contribution in [-0.2, 0) is 9.84 Å². The number of halogens is 1. The Balaban J connectivity index is 2.76. The molecule has 1 rings (SSSR count). The van der Waals surface area contributed by atoms with E-state index in [0.717, 1.165) is 17.7 Å². The van der Waals surface area contributed by atoms with Crippen molar-refractivity contribution in [1.82, 2.24) is 5.32 Å². The monoisotopic (exact) mass is 287 g/mol. The molecule has 0 aromatic heterocycles. The fraction of sp³-hybridized carbons (Fsp3) is 0.571. The summed E-state index contributed by atoms with van der Waals surface area (Å²) in [5, 5.41) is 3.28. The highest BCUT2D eigenvalue weighted by Crippen LogP contribution is 2.21. The van der Waals surface area contributed by atoms with Gasteiger partial charge in [-0.15, -0.1) is 0 Å². The molecule has 3 nitrogen and oxygen atoms in total. The van der Waals surface area contributed by atoms with Crippen LogP contribution in [0.25, 0.3) is 0 Å². The molecule has 0 bridgehead atoms. The average molecular weight is 287 g/mol. The van der Waals surface area contributed by atoms with Crippen LogP contribution in [-0.4, -0.2) is 27.0 Å². The normalized spacial score (nSPS) is 13.5. The van der Waals surface area contributed by atoms with Gasteiger partial charge in [0.15, 0.2) is 0 Å². The molecule has 108 valence electrons. The van der Waals surface area contributed by atoms with Gasteiger partial charge in [-0.3, -0.25) is 0 Å². The molecule has 0 aliphatic rings. The van der Waals surface area contributed by atoms with Crippen molar-refractivity contribution in [2.24, 2.45) is 0 Å². The van der Waals surface area contributed by atoms with Crippen LogP contribution in [0.3, 0.4) is 0 Å². The number of hydrogen-bond acceptors (Lipinski definition) is 3. The fourth-order valence-corrected chi connectivity index (χ4v) is 2.84. The van der Waals surface area contributed by atoms with Crippen molar-refractivity contribution < 1.29 is 12.8 Å². The van der Waals surface area contributed by atoms with Gasteiger partial charge < -0.3 is 5.32 Å². The van der Waals surface area contributed by atoms with E-state index >= 15 is 0 Å². The molecule has 0 aliphatic carbocycles. The Morgan fingerprint density at radius 3 is 2.53 bits per heavy atom. The van der Waals surface area contributed by atoms with Gasteiger partial charge in [-0.05, 0) is 49.6 Å². The molecule has 0 aliphatic heterocycles. The molecule has 19 heavy (non-hydrogen) atoms. The van der Waals surface area contributed by atoms with E-state index in [-0.39, 0.29) is 17.6 Å². The molecule has 1 N–H and O–H groups in total. The van der Waals surface area contributed by atoms with Gasteiger partial charge in [0.25, 0.3) is 0 Å². The van der Waals surface area contributed by atoms with Crippen LogP contribution in [0.1, 0.15) is 36.9 Å². The Morgan fingerprint density at radius 1 is 1.32 bits per heavy atom. The van der Waals surface area contributed by atoms with Crippen molar-refractivity contribution in [2.75, 3.05) is 18.6 Å². The molecule has 0 heterocycles. The highest BCUT2D eigenvalue weighted by Gasteiger charge is 2.13. The zero-order valence-electron chi connectivity index (χ0n) is 11.7. The summed E-state index contributed by atoms with van der Waals surface area (Å²) in [5.74, 6) is -0.0792. The predicted octanol–water partition coefficient (Wildman–Crippen LogP) is 2.61. The summed E-state index contributed by atoms with van der Waals surface area (Å²) in [7, 11) is -2.94. The summed E-state index contributed by atoms with van der Waals surface area (Å²) >= 11 is 0. The quantitative estimate of drug-likeness (QED) is 0.838. The van der Waals surface area contributed by atoms with Gasteiger partial charge in [0.1, 0.15) is 15.7 Å². The zero-order chi connectivity index (χ0) is 14.5. The Kier molecular flexibility index (Phi) is 5.94. The Hall–Kier alpha value is -0.940. The third-order valence-electron chi connectivity index (χ3n) is 2.93. The first-order valence-corrected chi connectivity index (χ1v) is 8.56. The van der Waals surface area contributed by atoms with Crippen LogP contribution in [0.5, 0.6) is 0 Å². The molecule has 1 unspecified atom stereocenters. The topological polar surface area (TPSA) is 46.2 Å². The number of hydrogen-bond donors (Lipinski definition) is 1. The van der Waals surface area contributed by atoms with Gasteiger partial charge in [-0.25, -0.2) is 12.8 Å². The maximum absolute atomic E-state index is 13.4. The van der Waals surface area contributed by atoms with Crippen LogP contribution in [0.15, 0.2) is 18.2 Å². The number of rotatable bonds is 7. The number of benzene rings is 1. The second kappa shape index (κ2) is 7.01. The minimum Gasteiger partial charge on any atom is -0.310 e. The molecule has 0 saturated carbocycles. The van der Waals surface area contributed by atoms with Crippen molar-refractivity contribution in [3.05, 3.63) is 35.1 Å². The fourth-order valence-electron chi connectivity index (χ4n) is 2.15. The molecule has 0 fully saturated rings. The Morgan fingerprint density at radius 2 is 2.00 bits per heavy atom. The van der Waals surface area contributed by atoms with E-state index < -0.39 is 9.84 Å². The SMILES string of the molecule is CCNC(CCCS(C)(=O)=O)c1cc(C)cc(F)c1. The van der Waals surface area contributed by atoms with E-state index in [1.165, 1.54) is 18.4 Å². The smallest absolute Gasteiger partial charge is 0.147 e. The van der Waals surface area contributed by atoms with Gasteiger partial charge in [0.2, 0.25) is 0 Å². The lowest BCUT2D eigenvalue weighted by atomic mass is 10.0. The van der Waals surface area contributed by atoms with Crippen LogP contribution >= 0.6 is 0 Å². The van der Waals surface area contributed by atoms with E-state index in [9.17, 15) is 12.8 Å². The van der Waals surface area contributed by atoms with Crippen molar-refractivity contribution in [3.8, 4) is 0 Å². The molecule has 0 radical (unpaired) electrons. The molecule has 5 heteroatoms. The standard InChI is InChI=1S/C14H22FNO2S/c1-4-16-14(6-5-7-19(3,17)18)12-8-11(2)9-13(15)10-12/h8-10,14,16H,4-7H2,1-3H3. The van der Waals surface area contributed by atoms with Gasteiger partial charge in [0.05, 0.1) is 0 Å². The van der Waals surface area contributed by atoms with E-state index in [0.29, 0.717) is 12.8 Å². The zero-order valence-corrected chi connectivity index (χ0v) is 12.6. The summed E-state index contributed by atoms with van der Waals surface area (Å²) in [6.45, 7) is 4.60. The summed E-state index contributed by atoms with van der Waals surface area (Å²) in [6.07, 6.45) is 2.50. The van der Waals surface area contributed by atoms with Gasteiger partial charge in [0, 0.05) is 18.1 Å². The van der Waals surface area contributed by atoms with Crippen molar-refractivity contribution in [3.63, 3.8) is 0 Å². The Bertz CT molecular complexity index is 494. The number of nitrogens with one attached hydrogen (secondary N) is 1. The minimum absolute atomic E-state index is 0.00106. The number of sulfone groups is 1. The highest BCUT2D eigenvalue weighted by atomic mass is 32.2. The molecule has 0 saturated heterocycles. The van der Waals surface area contributed by atoms with Crippen LogP contribution < -0.4 is 5.32 Å². The van der Waals surface area contributed by atoms with Crippen molar-refractivity contribution >= 4 is 9.84 Å². The maximum Gasteiger partial charge on any atom is 0.147 e. The van der Waals surface area contributed by atoms with Gasteiger partial charge >= 0.3 is 0 Å². The van der Waals surface area contributed by atoms with E-state index in [1.54, 1.807) is 0 Å². The molecule has 1 aromatic rings. The molecule has 0 spiro atoms. The van der Waals surface area contributed by atoms with E-state index in [1.807, 2.05) is 19.9 Å². The molecular weight excluding hydrogens is 265 g/mol. The van der Waals surface area contributed by atoms with Crippen LogP contribution in [0.4, 0.5) is 4.39 Å². The van der Waals surface area contributed by atoms with Gasteiger partial charge in [-0.1, -0.05) is 13.0 Å². The first-order valence-electron chi connectivity index (χ1n) is 6.50. The van der Waals surface area contributed by atoms with E-state index in [4.69, 9.17) is 0 Å². The third-order valence-corrected chi connectivity index (χ3v) is 3.96. The lowest BCUT2D eigenvalue weighted by Crippen LogP contribution is -2.22.